The fraction of sp³-hybridized carbons (Fsp3) is 0.579. The van der Waals surface area contributed by atoms with Crippen LogP contribution in [0.2, 0.25) is 0 Å². The normalized spacial score (nSPS) is 22.8. The predicted molar refractivity (Wildman–Crippen MR) is 91.4 cm³/mol. The largest absolute Gasteiger partial charge is 0.358 e. The van der Waals surface area contributed by atoms with Gasteiger partial charge in [-0.1, -0.05) is 51.3 Å². The van der Waals surface area contributed by atoms with Crippen LogP contribution in [0, 0.1) is 5.92 Å². The quantitative estimate of drug-likeness (QED) is 0.792. The molecular formula is C19H28N2O. The van der Waals surface area contributed by atoms with E-state index in [1.54, 1.807) is 0 Å². The van der Waals surface area contributed by atoms with E-state index in [2.05, 4.69) is 66.4 Å². The first-order valence-corrected chi connectivity index (χ1v) is 8.65. The maximum absolute atomic E-state index is 6.18. The molecule has 120 valence electrons. The van der Waals surface area contributed by atoms with Crippen LogP contribution in [-0.2, 0) is 4.74 Å². The summed E-state index contributed by atoms with van der Waals surface area (Å²) in [7, 11) is 0. The molecule has 0 spiro atoms. The van der Waals surface area contributed by atoms with Gasteiger partial charge in [-0.05, 0) is 30.9 Å². The highest BCUT2D eigenvalue weighted by Gasteiger charge is 2.30. The van der Waals surface area contributed by atoms with Gasteiger partial charge >= 0.3 is 0 Å². The second kappa shape index (κ2) is 7.19. The van der Waals surface area contributed by atoms with Crippen molar-refractivity contribution >= 4 is 5.69 Å². The highest BCUT2D eigenvalue weighted by Crippen LogP contribution is 2.29. The number of ether oxygens (including phenoxy) is 1. The molecule has 1 aromatic rings. The molecule has 1 atom stereocenters. The molecule has 0 bridgehead atoms. The Morgan fingerprint density at radius 1 is 1.05 bits per heavy atom. The van der Waals surface area contributed by atoms with Gasteiger partial charge in [0.25, 0.3) is 0 Å². The molecule has 1 aliphatic heterocycles. The van der Waals surface area contributed by atoms with Crippen molar-refractivity contribution in [3.05, 3.63) is 42.7 Å². The van der Waals surface area contributed by atoms with Gasteiger partial charge in [-0.3, -0.25) is 0 Å². The van der Waals surface area contributed by atoms with Crippen LogP contribution in [-0.4, -0.2) is 23.9 Å². The smallest absolute Gasteiger partial charge is 0.120 e. The Labute approximate surface area is 134 Å². The molecule has 1 aromatic carbocycles. The summed E-state index contributed by atoms with van der Waals surface area (Å²) < 4.78 is 6.18. The molecule has 0 saturated heterocycles. The molecule has 3 heteroatoms. The molecular weight excluding hydrogens is 272 g/mol. The lowest BCUT2D eigenvalue weighted by atomic mass is 9.98. The van der Waals surface area contributed by atoms with Crippen molar-refractivity contribution in [1.82, 2.24) is 4.90 Å². The van der Waals surface area contributed by atoms with Gasteiger partial charge in [-0.2, -0.15) is 0 Å². The lowest BCUT2D eigenvalue weighted by Gasteiger charge is -2.36. The number of hydrogen-bond donors (Lipinski definition) is 0. The number of anilines is 1. The number of para-hydroxylation sites is 1. The minimum atomic E-state index is 0.339. The Bertz CT molecular complexity index is 479. The lowest BCUT2D eigenvalue weighted by molar-refractivity contribution is -0.0347. The van der Waals surface area contributed by atoms with Gasteiger partial charge in [0.05, 0.1) is 6.10 Å². The molecule has 0 aromatic heterocycles. The topological polar surface area (TPSA) is 15.7 Å². The number of hydrogen-bond acceptors (Lipinski definition) is 3. The number of rotatable bonds is 5. The van der Waals surface area contributed by atoms with Crippen molar-refractivity contribution in [1.29, 1.82) is 0 Å². The van der Waals surface area contributed by atoms with E-state index in [9.17, 15) is 0 Å². The summed E-state index contributed by atoms with van der Waals surface area (Å²) in [6, 6.07) is 10.6. The molecule has 1 aliphatic carbocycles. The van der Waals surface area contributed by atoms with Crippen molar-refractivity contribution in [3.8, 4) is 0 Å². The summed E-state index contributed by atoms with van der Waals surface area (Å²) in [6.07, 6.45) is 11.6. The Kier molecular flexibility index (Phi) is 5.04. The van der Waals surface area contributed by atoms with E-state index in [0.717, 1.165) is 0 Å². The molecule has 1 unspecified atom stereocenters. The molecule has 0 amide bonds. The highest BCUT2D eigenvalue weighted by atomic mass is 16.5. The summed E-state index contributed by atoms with van der Waals surface area (Å²) in [6.45, 7) is 5.26. The van der Waals surface area contributed by atoms with Gasteiger partial charge in [0, 0.05) is 18.1 Å². The fourth-order valence-electron chi connectivity index (χ4n) is 3.58. The monoisotopic (exact) mass is 300 g/mol. The Morgan fingerprint density at radius 2 is 1.77 bits per heavy atom. The summed E-state index contributed by atoms with van der Waals surface area (Å²) in [5, 5.41) is 0. The van der Waals surface area contributed by atoms with Crippen molar-refractivity contribution < 1.29 is 4.74 Å². The van der Waals surface area contributed by atoms with Crippen LogP contribution in [0.15, 0.2) is 42.7 Å². The average Bonchev–Trinajstić information content (AvgIpc) is 2.99. The van der Waals surface area contributed by atoms with Crippen LogP contribution >= 0.6 is 0 Å². The van der Waals surface area contributed by atoms with Crippen LogP contribution in [0.25, 0.3) is 0 Å². The Morgan fingerprint density at radius 3 is 2.45 bits per heavy atom. The van der Waals surface area contributed by atoms with Crippen molar-refractivity contribution in [2.24, 2.45) is 5.92 Å². The molecule has 0 N–H and O–H groups in total. The van der Waals surface area contributed by atoms with Gasteiger partial charge in [-0.25, -0.2) is 0 Å². The first-order chi connectivity index (χ1) is 10.8. The zero-order chi connectivity index (χ0) is 15.4. The minimum Gasteiger partial charge on any atom is -0.358 e. The van der Waals surface area contributed by atoms with Gasteiger partial charge in [0.1, 0.15) is 12.9 Å². The molecule has 22 heavy (non-hydrogen) atoms. The molecule has 3 nitrogen and oxygen atoms in total. The number of nitrogens with zero attached hydrogens (tertiary/aromatic N) is 2. The molecule has 0 radical (unpaired) electrons. The van der Waals surface area contributed by atoms with E-state index >= 15 is 0 Å². The van der Waals surface area contributed by atoms with Crippen LogP contribution in [0.1, 0.15) is 46.0 Å². The van der Waals surface area contributed by atoms with Gasteiger partial charge in [0.2, 0.25) is 0 Å². The van der Waals surface area contributed by atoms with Crippen LogP contribution in [0.4, 0.5) is 5.69 Å². The van der Waals surface area contributed by atoms with Gasteiger partial charge in [-0.15, -0.1) is 0 Å². The summed E-state index contributed by atoms with van der Waals surface area (Å²) in [5.74, 6) is 0.533. The van der Waals surface area contributed by atoms with E-state index in [-0.39, 0.29) is 0 Å². The maximum atomic E-state index is 6.18. The van der Waals surface area contributed by atoms with E-state index in [4.69, 9.17) is 4.74 Å². The van der Waals surface area contributed by atoms with Crippen molar-refractivity contribution in [3.63, 3.8) is 0 Å². The molecule has 3 rings (SSSR count). The van der Waals surface area contributed by atoms with E-state index in [1.807, 2.05) is 0 Å². The Balaban J connectivity index is 1.63. The lowest BCUT2D eigenvalue weighted by Crippen LogP contribution is -2.44. The molecule has 2 aliphatic rings. The zero-order valence-corrected chi connectivity index (χ0v) is 13.8. The fourth-order valence-corrected chi connectivity index (χ4v) is 3.58. The first-order valence-electron chi connectivity index (χ1n) is 8.65. The summed E-state index contributed by atoms with van der Waals surface area (Å²) in [5.41, 5.74) is 1.25. The SMILES string of the molecule is CC(C)C1N(COC2CCCCC2)C=CN1c1ccccc1. The zero-order valence-electron chi connectivity index (χ0n) is 13.8. The average molecular weight is 300 g/mol. The first kappa shape index (κ1) is 15.4. The second-order valence-corrected chi connectivity index (χ2v) is 6.77. The molecule has 1 heterocycles. The standard InChI is InChI=1S/C19H28N2O/c1-16(2)19-20(15-22-18-11-7-4-8-12-18)13-14-21(19)17-9-5-3-6-10-17/h3,5-6,9-10,13-14,16,18-19H,4,7-8,11-12,15H2,1-2H3. The third kappa shape index (κ3) is 3.46. The van der Waals surface area contributed by atoms with E-state index in [1.165, 1.54) is 37.8 Å². The van der Waals surface area contributed by atoms with Gasteiger partial charge in [0.15, 0.2) is 0 Å². The second-order valence-electron chi connectivity index (χ2n) is 6.77. The van der Waals surface area contributed by atoms with Crippen LogP contribution < -0.4 is 4.90 Å². The summed E-state index contributed by atoms with van der Waals surface area (Å²) in [4.78, 5) is 4.70. The third-order valence-electron chi connectivity index (χ3n) is 4.71. The van der Waals surface area contributed by atoms with Crippen LogP contribution in [0.3, 0.4) is 0 Å². The van der Waals surface area contributed by atoms with Crippen molar-refractivity contribution in [2.45, 2.75) is 58.2 Å². The van der Waals surface area contributed by atoms with E-state index in [0.29, 0.717) is 24.9 Å². The van der Waals surface area contributed by atoms with Gasteiger partial charge < -0.3 is 14.5 Å². The maximum Gasteiger partial charge on any atom is 0.120 e. The third-order valence-corrected chi connectivity index (χ3v) is 4.71. The molecule has 1 fully saturated rings. The number of benzene rings is 1. The minimum absolute atomic E-state index is 0.339. The summed E-state index contributed by atoms with van der Waals surface area (Å²) >= 11 is 0. The van der Waals surface area contributed by atoms with E-state index < -0.39 is 0 Å². The molecule has 1 saturated carbocycles. The Hall–Kier alpha value is -1.48. The predicted octanol–water partition coefficient (Wildman–Crippen LogP) is 4.57. The highest BCUT2D eigenvalue weighted by molar-refractivity contribution is 5.51. The van der Waals surface area contributed by atoms with Crippen LogP contribution in [0.5, 0.6) is 0 Å². The van der Waals surface area contributed by atoms with Crippen molar-refractivity contribution in [2.75, 3.05) is 11.6 Å².